The molecule has 5 nitrogen and oxygen atoms in total. The highest BCUT2D eigenvalue weighted by Crippen LogP contribution is 2.30. The third-order valence-electron chi connectivity index (χ3n) is 2.37. The first-order valence-electron chi connectivity index (χ1n) is 4.98. The van der Waals surface area contributed by atoms with Gasteiger partial charge in [0.25, 0.3) is 0 Å². The molecular formula is C9H19N5S. The predicted molar refractivity (Wildman–Crippen MR) is 66.3 cm³/mol. The Bertz CT molecular complexity index is 270. The van der Waals surface area contributed by atoms with Crippen molar-refractivity contribution < 1.29 is 0 Å². The van der Waals surface area contributed by atoms with Crippen molar-refractivity contribution in [2.45, 2.75) is 25.0 Å². The van der Waals surface area contributed by atoms with Gasteiger partial charge in [0.1, 0.15) is 0 Å². The third kappa shape index (κ3) is 3.99. The normalized spacial score (nSPS) is 20.5. The van der Waals surface area contributed by atoms with Crippen molar-refractivity contribution in [1.82, 2.24) is 4.90 Å². The molecule has 0 unspecified atom stereocenters. The van der Waals surface area contributed by atoms with E-state index >= 15 is 0 Å². The van der Waals surface area contributed by atoms with E-state index in [4.69, 9.17) is 16.9 Å². The fourth-order valence-corrected chi connectivity index (χ4v) is 2.52. The lowest BCUT2D eigenvalue weighted by atomic mass is 10.1. The van der Waals surface area contributed by atoms with Crippen LogP contribution in [0.25, 0.3) is 0 Å². The fraction of sp³-hybridized carbons (Fsp3) is 0.778. The zero-order valence-electron chi connectivity index (χ0n) is 9.29. The number of rotatable bonds is 0. The second kappa shape index (κ2) is 4.74. The van der Waals surface area contributed by atoms with E-state index in [2.05, 4.69) is 18.8 Å². The molecule has 1 heterocycles. The van der Waals surface area contributed by atoms with Crippen LogP contribution in [0.2, 0.25) is 0 Å². The Morgan fingerprint density at radius 1 is 1.40 bits per heavy atom. The number of aliphatic imine (C=N–C) groups is 1. The number of hydrogen-bond acceptors (Lipinski definition) is 2. The van der Waals surface area contributed by atoms with Crippen LogP contribution in [0.5, 0.6) is 0 Å². The number of nitrogens with two attached hydrogens (primary N) is 2. The summed E-state index contributed by atoms with van der Waals surface area (Å²) in [7, 11) is 0. The molecule has 1 aliphatic heterocycles. The molecule has 0 aromatic carbocycles. The molecule has 0 aromatic rings. The number of nitrogens with zero attached hydrogens (tertiary/aromatic N) is 2. The standard InChI is InChI=1S/C9H19N5S/c1-9(2)3-4-14(5-6-15-9)8(12)13-7(10)11/h3-6H2,1-2H3,(H5,10,11,12,13). The number of thioether (sulfide) groups is 1. The Labute approximate surface area is 94.8 Å². The van der Waals surface area contributed by atoms with Gasteiger partial charge >= 0.3 is 0 Å². The van der Waals surface area contributed by atoms with Gasteiger partial charge in [-0.15, -0.1) is 0 Å². The highest BCUT2D eigenvalue weighted by Gasteiger charge is 2.24. The summed E-state index contributed by atoms with van der Waals surface area (Å²) >= 11 is 1.93. The van der Waals surface area contributed by atoms with Crippen LogP contribution in [0.3, 0.4) is 0 Å². The van der Waals surface area contributed by atoms with Gasteiger partial charge in [-0.2, -0.15) is 16.8 Å². The van der Waals surface area contributed by atoms with Gasteiger partial charge in [-0.05, 0) is 6.42 Å². The second-order valence-corrected chi connectivity index (χ2v) is 6.01. The van der Waals surface area contributed by atoms with Crippen LogP contribution in [0.1, 0.15) is 20.3 Å². The smallest absolute Gasteiger partial charge is 0.221 e. The Morgan fingerprint density at radius 3 is 2.67 bits per heavy atom. The van der Waals surface area contributed by atoms with Crippen LogP contribution in [0.4, 0.5) is 0 Å². The van der Waals surface area contributed by atoms with Crippen molar-refractivity contribution in [3.8, 4) is 0 Å². The minimum atomic E-state index is -0.0452. The van der Waals surface area contributed by atoms with Crippen LogP contribution in [0, 0.1) is 5.41 Å². The summed E-state index contributed by atoms with van der Waals surface area (Å²) in [5.41, 5.74) is 10.5. The molecule has 0 bridgehead atoms. The van der Waals surface area contributed by atoms with E-state index in [1.807, 2.05) is 16.7 Å². The van der Waals surface area contributed by atoms with Crippen LogP contribution >= 0.6 is 11.8 Å². The van der Waals surface area contributed by atoms with Crippen molar-refractivity contribution in [3.05, 3.63) is 0 Å². The first kappa shape index (κ1) is 12.2. The van der Waals surface area contributed by atoms with Gasteiger partial charge in [-0.1, -0.05) is 13.8 Å². The average Bonchev–Trinajstić information content (AvgIpc) is 2.25. The molecule has 6 heteroatoms. The monoisotopic (exact) mass is 229 g/mol. The van der Waals surface area contributed by atoms with Gasteiger partial charge in [-0.25, -0.2) is 0 Å². The maximum absolute atomic E-state index is 7.71. The topological polar surface area (TPSA) is 91.5 Å². The maximum Gasteiger partial charge on any atom is 0.221 e. The first-order chi connectivity index (χ1) is 6.91. The van der Waals surface area contributed by atoms with Crippen molar-refractivity contribution >= 4 is 23.7 Å². The quantitative estimate of drug-likeness (QED) is 0.414. The van der Waals surface area contributed by atoms with Crippen LogP contribution in [-0.4, -0.2) is 40.4 Å². The molecule has 0 aliphatic carbocycles. The van der Waals surface area contributed by atoms with E-state index in [9.17, 15) is 0 Å². The molecule has 0 amide bonds. The lowest BCUT2D eigenvalue weighted by molar-refractivity contribution is 0.416. The molecule has 0 atom stereocenters. The van der Waals surface area contributed by atoms with Gasteiger partial charge < -0.3 is 16.4 Å². The van der Waals surface area contributed by atoms with E-state index in [0.29, 0.717) is 0 Å². The number of nitrogens with one attached hydrogen (secondary N) is 1. The minimum Gasteiger partial charge on any atom is -0.370 e. The molecular weight excluding hydrogens is 210 g/mol. The van der Waals surface area contributed by atoms with Crippen LogP contribution in [-0.2, 0) is 0 Å². The lowest BCUT2D eigenvalue weighted by Crippen LogP contribution is -2.35. The zero-order valence-corrected chi connectivity index (χ0v) is 10.1. The van der Waals surface area contributed by atoms with Crippen molar-refractivity contribution in [2.75, 3.05) is 18.8 Å². The Balaban J connectivity index is 2.58. The third-order valence-corrected chi connectivity index (χ3v) is 3.74. The molecule has 0 spiro atoms. The second-order valence-electron chi connectivity index (χ2n) is 4.21. The van der Waals surface area contributed by atoms with Crippen molar-refractivity contribution in [3.63, 3.8) is 0 Å². The van der Waals surface area contributed by atoms with E-state index < -0.39 is 0 Å². The summed E-state index contributed by atoms with van der Waals surface area (Å²) in [6.45, 7) is 6.13. The van der Waals surface area contributed by atoms with Gasteiger partial charge in [0, 0.05) is 23.6 Å². The summed E-state index contributed by atoms with van der Waals surface area (Å²) in [5.74, 6) is 1.14. The summed E-state index contributed by atoms with van der Waals surface area (Å²) < 4.78 is 0.285. The maximum atomic E-state index is 7.71. The zero-order chi connectivity index (χ0) is 11.5. The summed E-state index contributed by atoms with van der Waals surface area (Å²) in [6.07, 6.45) is 1.04. The molecule has 1 fully saturated rings. The van der Waals surface area contributed by atoms with Gasteiger partial charge in [0.05, 0.1) is 0 Å². The van der Waals surface area contributed by atoms with Crippen LogP contribution in [0.15, 0.2) is 4.99 Å². The molecule has 0 aromatic heterocycles. The Hall–Kier alpha value is -0.910. The molecule has 1 saturated heterocycles. The minimum absolute atomic E-state index is 0.0452. The van der Waals surface area contributed by atoms with Crippen LogP contribution < -0.4 is 11.5 Å². The summed E-state index contributed by atoms with van der Waals surface area (Å²) in [4.78, 5) is 5.68. The van der Waals surface area contributed by atoms with Gasteiger partial charge in [-0.3, -0.25) is 5.41 Å². The highest BCUT2D eigenvalue weighted by molar-refractivity contribution is 8.00. The highest BCUT2D eigenvalue weighted by atomic mass is 32.2. The van der Waals surface area contributed by atoms with Crippen molar-refractivity contribution in [2.24, 2.45) is 16.5 Å². The lowest BCUT2D eigenvalue weighted by Gasteiger charge is -2.22. The van der Waals surface area contributed by atoms with Crippen molar-refractivity contribution in [1.29, 1.82) is 5.41 Å². The SMILES string of the molecule is CC1(C)CCN(C(=N)N=C(N)N)CCS1. The summed E-state index contributed by atoms with van der Waals surface area (Å²) in [6, 6.07) is 0. The largest absolute Gasteiger partial charge is 0.370 e. The van der Waals surface area contributed by atoms with E-state index in [1.54, 1.807) is 0 Å². The van der Waals surface area contributed by atoms with Gasteiger partial charge in [0.15, 0.2) is 5.96 Å². The predicted octanol–water partition coefficient (Wildman–Crippen LogP) is 0.412. The molecule has 5 N–H and O–H groups in total. The van der Waals surface area contributed by atoms with E-state index in [1.165, 1.54) is 0 Å². The Morgan fingerprint density at radius 2 is 2.07 bits per heavy atom. The molecule has 0 saturated carbocycles. The molecule has 1 aliphatic rings. The summed E-state index contributed by atoms with van der Waals surface area (Å²) in [5, 5.41) is 7.71. The molecule has 1 rings (SSSR count). The number of hydrogen-bond donors (Lipinski definition) is 3. The van der Waals surface area contributed by atoms with Gasteiger partial charge in [0.2, 0.25) is 5.96 Å². The average molecular weight is 229 g/mol. The number of guanidine groups is 2. The van der Waals surface area contributed by atoms with E-state index in [0.717, 1.165) is 25.3 Å². The Kier molecular flexibility index (Phi) is 3.84. The first-order valence-corrected chi connectivity index (χ1v) is 5.96. The molecule has 15 heavy (non-hydrogen) atoms. The molecule has 86 valence electrons. The molecule has 0 radical (unpaired) electrons. The fourth-order valence-electron chi connectivity index (χ4n) is 1.43. The van der Waals surface area contributed by atoms with E-state index in [-0.39, 0.29) is 16.7 Å².